The summed E-state index contributed by atoms with van der Waals surface area (Å²) in [6.45, 7) is 3.42. The van der Waals surface area contributed by atoms with Crippen LogP contribution in [0.3, 0.4) is 0 Å². The van der Waals surface area contributed by atoms with Crippen molar-refractivity contribution in [2.45, 2.75) is 23.6 Å². The van der Waals surface area contributed by atoms with Crippen molar-refractivity contribution in [1.82, 2.24) is 4.72 Å². The Morgan fingerprint density at radius 3 is 2.12 bits per heavy atom. The fourth-order valence-electron chi connectivity index (χ4n) is 2.10. The van der Waals surface area contributed by atoms with Crippen LogP contribution in [0.2, 0.25) is 5.02 Å². The standard InChI is InChI=1S/C15H17ClN2O4S2/c1-10-4-7-14(13(16)8-10)24(21,22)18-12-6-5-11(2)15(9-12)23(19,20)17-3/h4-9,17-18H,1-3H3. The van der Waals surface area contributed by atoms with Crippen LogP contribution in [0.1, 0.15) is 11.1 Å². The van der Waals surface area contributed by atoms with Crippen LogP contribution in [-0.4, -0.2) is 23.9 Å². The highest BCUT2D eigenvalue weighted by Crippen LogP contribution is 2.26. The molecule has 2 rings (SSSR count). The van der Waals surface area contributed by atoms with E-state index in [0.717, 1.165) is 5.56 Å². The number of aryl methyl sites for hydroxylation is 2. The Morgan fingerprint density at radius 1 is 0.875 bits per heavy atom. The van der Waals surface area contributed by atoms with Gasteiger partial charge in [-0.25, -0.2) is 21.6 Å². The van der Waals surface area contributed by atoms with Gasteiger partial charge in [-0.3, -0.25) is 4.72 Å². The quantitative estimate of drug-likeness (QED) is 0.823. The minimum absolute atomic E-state index is 0.000188. The van der Waals surface area contributed by atoms with Crippen LogP contribution >= 0.6 is 11.6 Å². The monoisotopic (exact) mass is 388 g/mol. The van der Waals surface area contributed by atoms with Crippen LogP contribution in [0.5, 0.6) is 0 Å². The van der Waals surface area contributed by atoms with Crippen molar-refractivity contribution in [3.63, 3.8) is 0 Å². The van der Waals surface area contributed by atoms with Gasteiger partial charge in [-0.15, -0.1) is 0 Å². The normalized spacial score (nSPS) is 12.2. The number of rotatable bonds is 5. The predicted octanol–water partition coefficient (Wildman–Crippen LogP) is 2.67. The summed E-state index contributed by atoms with van der Waals surface area (Å²) in [6, 6.07) is 8.86. The molecule has 0 aliphatic rings. The van der Waals surface area contributed by atoms with Crippen LogP contribution in [0.15, 0.2) is 46.2 Å². The first-order chi connectivity index (χ1) is 11.1. The van der Waals surface area contributed by atoms with Gasteiger partial charge in [0.05, 0.1) is 15.6 Å². The van der Waals surface area contributed by atoms with Crippen LogP contribution in [0.4, 0.5) is 5.69 Å². The summed E-state index contributed by atoms with van der Waals surface area (Å²) in [4.78, 5) is -0.0754. The van der Waals surface area contributed by atoms with Crippen molar-refractivity contribution in [3.8, 4) is 0 Å². The lowest BCUT2D eigenvalue weighted by Gasteiger charge is -2.12. The van der Waals surface area contributed by atoms with Crippen LogP contribution in [-0.2, 0) is 20.0 Å². The maximum absolute atomic E-state index is 12.5. The van der Waals surface area contributed by atoms with Gasteiger partial charge in [0, 0.05) is 0 Å². The topological polar surface area (TPSA) is 92.3 Å². The van der Waals surface area contributed by atoms with E-state index in [1.54, 1.807) is 26.0 Å². The molecule has 0 radical (unpaired) electrons. The molecule has 0 spiro atoms. The molecular weight excluding hydrogens is 372 g/mol. The van der Waals surface area contributed by atoms with Crippen molar-refractivity contribution >= 4 is 37.3 Å². The highest BCUT2D eigenvalue weighted by Gasteiger charge is 2.20. The molecule has 0 saturated heterocycles. The van der Waals surface area contributed by atoms with E-state index >= 15 is 0 Å². The van der Waals surface area contributed by atoms with Gasteiger partial charge < -0.3 is 0 Å². The number of benzene rings is 2. The first-order valence-electron chi connectivity index (χ1n) is 6.90. The van der Waals surface area contributed by atoms with E-state index in [-0.39, 0.29) is 20.5 Å². The minimum atomic E-state index is -3.94. The lowest BCUT2D eigenvalue weighted by atomic mass is 10.2. The molecule has 0 heterocycles. The molecule has 130 valence electrons. The van der Waals surface area contributed by atoms with Crippen molar-refractivity contribution < 1.29 is 16.8 Å². The molecule has 0 aliphatic heterocycles. The predicted molar refractivity (Wildman–Crippen MR) is 94.4 cm³/mol. The van der Waals surface area contributed by atoms with Gasteiger partial charge in [0.1, 0.15) is 4.90 Å². The summed E-state index contributed by atoms with van der Waals surface area (Å²) in [5.74, 6) is 0. The summed E-state index contributed by atoms with van der Waals surface area (Å²) in [5.41, 5.74) is 1.46. The van der Waals surface area contributed by atoms with Crippen LogP contribution < -0.4 is 9.44 Å². The molecule has 0 aromatic heterocycles. The highest BCUT2D eigenvalue weighted by atomic mass is 35.5. The SMILES string of the molecule is CNS(=O)(=O)c1cc(NS(=O)(=O)c2ccc(C)cc2Cl)ccc1C. The van der Waals surface area contributed by atoms with Crippen molar-refractivity contribution in [2.24, 2.45) is 0 Å². The summed E-state index contributed by atoms with van der Waals surface area (Å²) >= 11 is 6.01. The molecule has 0 bridgehead atoms. The lowest BCUT2D eigenvalue weighted by Crippen LogP contribution is -2.20. The van der Waals surface area contributed by atoms with Gasteiger partial charge in [-0.1, -0.05) is 23.7 Å². The summed E-state index contributed by atoms with van der Waals surface area (Å²) < 4.78 is 53.5. The maximum atomic E-state index is 12.5. The molecule has 0 atom stereocenters. The Bertz CT molecular complexity index is 987. The zero-order valence-electron chi connectivity index (χ0n) is 13.3. The Balaban J connectivity index is 2.46. The van der Waals surface area contributed by atoms with Crippen molar-refractivity contribution in [3.05, 3.63) is 52.5 Å². The molecule has 6 nitrogen and oxygen atoms in total. The Hall–Kier alpha value is -1.61. The Labute approximate surface area is 147 Å². The number of hydrogen-bond acceptors (Lipinski definition) is 4. The van der Waals surface area contributed by atoms with E-state index in [9.17, 15) is 16.8 Å². The third-order valence-electron chi connectivity index (χ3n) is 3.38. The molecule has 0 saturated carbocycles. The van der Waals surface area contributed by atoms with E-state index in [1.165, 1.54) is 31.3 Å². The van der Waals surface area contributed by atoms with Gasteiger partial charge in [-0.05, 0) is 56.3 Å². The average molecular weight is 389 g/mol. The third-order valence-corrected chi connectivity index (χ3v) is 6.80. The largest absolute Gasteiger partial charge is 0.280 e. The Morgan fingerprint density at radius 2 is 1.54 bits per heavy atom. The fourth-order valence-corrected chi connectivity index (χ4v) is 4.74. The zero-order valence-corrected chi connectivity index (χ0v) is 15.7. The molecule has 24 heavy (non-hydrogen) atoms. The second kappa shape index (κ2) is 6.72. The number of halogens is 1. The summed E-state index contributed by atoms with van der Waals surface area (Å²) in [7, 11) is -6.35. The summed E-state index contributed by atoms with van der Waals surface area (Å²) in [5, 5.41) is 0.0951. The first-order valence-corrected chi connectivity index (χ1v) is 10.2. The molecule has 0 fully saturated rings. The molecular formula is C15H17ClN2O4S2. The van der Waals surface area contributed by atoms with Gasteiger partial charge in [0.15, 0.2) is 0 Å². The van der Waals surface area contributed by atoms with Crippen molar-refractivity contribution in [1.29, 1.82) is 0 Å². The fraction of sp³-hybridized carbons (Fsp3) is 0.200. The van der Waals surface area contributed by atoms with E-state index in [0.29, 0.717) is 5.56 Å². The van der Waals surface area contributed by atoms with Gasteiger partial charge in [-0.2, -0.15) is 0 Å². The maximum Gasteiger partial charge on any atom is 0.263 e. The second-order valence-electron chi connectivity index (χ2n) is 5.23. The van der Waals surface area contributed by atoms with Gasteiger partial charge in [0.25, 0.3) is 10.0 Å². The molecule has 2 N–H and O–H groups in total. The first kappa shape index (κ1) is 18.7. The molecule has 2 aromatic rings. The van der Waals surface area contributed by atoms with Gasteiger partial charge in [0.2, 0.25) is 10.0 Å². The molecule has 0 unspecified atom stereocenters. The van der Waals surface area contributed by atoms with Gasteiger partial charge >= 0.3 is 0 Å². The number of nitrogens with one attached hydrogen (secondary N) is 2. The number of hydrogen-bond donors (Lipinski definition) is 2. The third kappa shape index (κ3) is 3.89. The van der Waals surface area contributed by atoms with E-state index in [4.69, 9.17) is 11.6 Å². The van der Waals surface area contributed by atoms with E-state index in [1.807, 2.05) is 0 Å². The van der Waals surface area contributed by atoms with E-state index in [2.05, 4.69) is 9.44 Å². The highest BCUT2D eigenvalue weighted by molar-refractivity contribution is 7.93. The van der Waals surface area contributed by atoms with Crippen molar-refractivity contribution in [2.75, 3.05) is 11.8 Å². The lowest BCUT2D eigenvalue weighted by molar-refractivity contribution is 0.587. The molecule has 0 amide bonds. The Kier molecular flexibility index (Phi) is 5.24. The average Bonchev–Trinajstić information content (AvgIpc) is 2.48. The smallest absolute Gasteiger partial charge is 0.263 e. The molecule has 0 aliphatic carbocycles. The minimum Gasteiger partial charge on any atom is -0.280 e. The second-order valence-corrected chi connectivity index (χ2v) is 9.14. The molecule has 2 aromatic carbocycles. The zero-order chi connectivity index (χ0) is 18.1. The summed E-state index contributed by atoms with van der Waals surface area (Å²) in [6.07, 6.45) is 0. The number of sulfonamides is 2. The van der Waals surface area contributed by atoms with Crippen LogP contribution in [0, 0.1) is 13.8 Å². The van der Waals surface area contributed by atoms with Crippen LogP contribution in [0.25, 0.3) is 0 Å². The van der Waals surface area contributed by atoms with E-state index < -0.39 is 20.0 Å². The number of anilines is 1. The molecule has 9 heteroatoms.